The summed E-state index contributed by atoms with van der Waals surface area (Å²) in [7, 11) is 0. The number of benzene rings is 3. The van der Waals surface area contributed by atoms with Gasteiger partial charge in [0, 0.05) is 29.2 Å². The molecule has 0 bridgehead atoms. The summed E-state index contributed by atoms with van der Waals surface area (Å²) < 4.78 is 0. The number of hydrogen-bond acceptors (Lipinski definition) is 4. The second kappa shape index (κ2) is 12.3. The molecule has 2 aliphatic rings. The molecule has 0 saturated heterocycles. The number of carboxylic acid groups (broad SMARTS) is 1. The Bertz CT molecular complexity index is 1440. The van der Waals surface area contributed by atoms with Crippen LogP contribution in [0.2, 0.25) is 5.02 Å². The van der Waals surface area contributed by atoms with Gasteiger partial charge in [-0.2, -0.15) is 0 Å². The molecule has 0 unspecified atom stereocenters. The number of amides is 2. The van der Waals surface area contributed by atoms with Gasteiger partial charge in [0.05, 0.1) is 6.42 Å². The van der Waals surface area contributed by atoms with E-state index in [0.29, 0.717) is 35.2 Å². The highest BCUT2D eigenvalue weighted by Gasteiger charge is 2.48. The number of aliphatic carboxylic acids is 1. The number of carbonyl (C=O) groups excluding carboxylic acids is 2. The van der Waals surface area contributed by atoms with E-state index in [9.17, 15) is 14.4 Å². The predicted octanol–water partition coefficient (Wildman–Crippen LogP) is 5.78. The Hall–Kier alpha value is -3.97. The van der Waals surface area contributed by atoms with Crippen molar-refractivity contribution in [2.45, 2.75) is 57.0 Å². The van der Waals surface area contributed by atoms with Gasteiger partial charge in [0.25, 0.3) is 11.8 Å². The van der Waals surface area contributed by atoms with Crippen LogP contribution in [0.15, 0.2) is 77.8 Å². The maximum absolute atomic E-state index is 13.9. The van der Waals surface area contributed by atoms with Crippen molar-refractivity contribution in [2.75, 3.05) is 13.1 Å². The molecular weight excluding hydrogens is 538 g/mol. The van der Waals surface area contributed by atoms with Gasteiger partial charge in [-0.3, -0.25) is 19.4 Å². The monoisotopic (exact) mass is 571 g/mol. The number of nitrogens with one attached hydrogen (secondary N) is 1. The van der Waals surface area contributed by atoms with Gasteiger partial charge in [0.1, 0.15) is 11.4 Å². The third kappa shape index (κ3) is 6.51. The molecule has 1 saturated carbocycles. The highest BCUT2D eigenvalue weighted by atomic mass is 35.5. The lowest BCUT2D eigenvalue weighted by Gasteiger charge is -2.41. The number of nitrogens with zero attached hydrogens (tertiary/aromatic N) is 2. The third-order valence-corrected chi connectivity index (χ3v) is 8.33. The molecule has 1 spiro atoms. The molecule has 2 N–H and O–H groups in total. The smallest absolute Gasteiger partial charge is 0.305 e. The molecular formula is C33H34ClN3O4. The molecule has 5 rings (SSSR count). The Morgan fingerprint density at radius 2 is 1.76 bits per heavy atom. The number of carboxylic acids is 1. The quantitative estimate of drug-likeness (QED) is 0.340. The molecule has 8 heteroatoms. The van der Waals surface area contributed by atoms with Crippen LogP contribution < -0.4 is 5.32 Å². The van der Waals surface area contributed by atoms with Crippen molar-refractivity contribution in [3.05, 3.63) is 106 Å². The number of hydrogen-bond donors (Lipinski definition) is 2. The zero-order valence-electron chi connectivity index (χ0n) is 23.1. The molecule has 7 nitrogen and oxygen atoms in total. The molecule has 0 aromatic heterocycles. The van der Waals surface area contributed by atoms with Crippen LogP contribution in [0.4, 0.5) is 0 Å². The van der Waals surface area contributed by atoms with E-state index in [2.05, 4.69) is 29.6 Å². The van der Waals surface area contributed by atoms with Gasteiger partial charge in [0.2, 0.25) is 0 Å². The zero-order chi connectivity index (χ0) is 29.0. The average molecular weight is 572 g/mol. The second-order valence-electron chi connectivity index (χ2n) is 10.9. The molecule has 3 aromatic rings. The van der Waals surface area contributed by atoms with Crippen LogP contribution in [-0.4, -0.2) is 52.3 Å². The van der Waals surface area contributed by atoms with E-state index in [4.69, 9.17) is 21.7 Å². The van der Waals surface area contributed by atoms with Gasteiger partial charge in [-0.15, -0.1) is 0 Å². The van der Waals surface area contributed by atoms with Crippen LogP contribution in [0.25, 0.3) is 0 Å². The zero-order valence-corrected chi connectivity index (χ0v) is 23.9. The largest absolute Gasteiger partial charge is 0.481 e. The first-order chi connectivity index (χ1) is 19.7. The molecule has 1 aliphatic heterocycles. The van der Waals surface area contributed by atoms with Crippen molar-refractivity contribution in [2.24, 2.45) is 4.99 Å². The van der Waals surface area contributed by atoms with Crippen LogP contribution in [0.3, 0.4) is 0 Å². The summed E-state index contributed by atoms with van der Waals surface area (Å²) >= 11 is 6.36. The summed E-state index contributed by atoms with van der Waals surface area (Å²) in [4.78, 5) is 44.0. The van der Waals surface area contributed by atoms with Gasteiger partial charge in [-0.25, -0.2) is 0 Å². The van der Waals surface area contributed by atoms with Gasteiger partial charge in [-0.05, 0) is 92.0 Å². The number of rotatable bonds is 9. The number of carbonyl (C=O) groups is 3. The summed E-state index contributed by atoms with van der Waals surface area (Å²) in [5.74, 6) is -0.891. The number of halogens is 1. The summed E-state index contributed by atoms with van der Waals surface area (Å²) in [5, 5.41) is 12.0. The molecule has 2 amide bonds. The Morgan fingerprint density at radius 1 is 1.05 bits per heavy atom. The lowest BCUT2D eigenvalue weighted by Crippen LogP contribution is -2.49. The molecule has 1 fully saturated rings. The minimum absolute atomic E-state index is 0.0701. The van der Waals surface area contributed by atoms with Crippen molar-refractivity contribution in [3.63, 3.8) is 0 Å². The summed E-state index contributed by atoms with van der Waals surface area (Å²) in [6, 6.07) is 23.4. The number of aryl methyl sites for hydroxylation is 1. The van der Waals surface area contributed by atoms with E-state index in [1.807, 2.05) is 48.2 Å². The van der Waals surface area contributed by atoms with Gasteiger partial charge < -0.3 is 15.3 Å². The topological polar surface area (TPSA) is 99.1 Å². The molecule has 3 aromatic carbocycles. The van der Waals surface area contributed by atoms with E-state index in [1.165, 1.54) is 5.56 Å². The molecule has 0 radical (unpaired) electrons. The first-order valence-corrected chi connectivity index (χ1v) is 14.5. The summed E-state index contributed by atoms with van der Waals surface area (Å²) in [5.41, 5.74) is 4.43. The Morgan fingerprint density at radius 3 is 2.41 bits per heavy atom. The van der Waals surface area contributed by atoms with Crippen LogP contribution in [-0.2, 0) is 16.0 Å². The molecule has 1 aliphatic carbocycles. The third-order valence-electron chi connectivity index (χ3n) is 8.11. The van der Waals surface area contributed by atoms with Crippen molar-refractivity contribution in [3.8, 4) is 0 Å². The first-order valence-electron chi connectivity index (χ1n) is 14.1. The highest BCUT2D eigenvalue weighted by molar-refractivity contribution is 6.47. The van der Waals surface area contributed by atoms with Crippen LogP contribution in [0.5, 0.6) is 0 Å². The maximum Gasteiger partial charge on any atom is 0.305 e. The normalized spacial score (nSPS) is 20.2. The van der Waals surface area contributed by atoms with Crippen molar-refractivity contribution in [1.82, 2.24) is 10.2 Å². The van der Waals surface area contributed by atoms with Gasteiger partial charge in [-0.1, -0.05) is 54.1 Å². The first kappa shape index (κ1) is 28.6. The van der Waals surface area contributed by atoms with Crippen molar-refractivity contribution in [1.29, 1.82) is 0 Å². The fourth-order valence-corrected chi connectivity index (χ4v) is 6.26. The highest BCUT2D eigenvalue weighted by Crippen LogP contribution is 2.45. The minimum Gasteiger partial charge on any atom is -0.481 e. The fourth-order valence-electron chi connectivity index (χ4n) is 5.97. The van der Waals surface area contributed by atoms with E-state index < -0.39 is 11.6 Å². The predicted molar refractivity (Wildman–Crippen MR) is 160 cm³/mol. The standard InChI is InChI=1S/C33H34ClN3O4/c1-22-19-27(21-28(34)20-22)30-32(41)37(33(36-30)15-11-25(12-16-33)24-5-3-2-4-6-24)18-14-23-7-9-26(10-8-23)31(40)35-17-13-29(38)39/h2-10,19-21,25H,11-18H2,1H3,(H,35,40)(H,38,39). The lowest BCUT2D eigenvalue weighted by molar-refractivity contribution is -0.136. The van der Waals surface area contributed by atoms with E-state index >= 15 is 0 Å². The molecule has 1 heterocycles. The van der Waals surface area contributed by atoms with Crippen molar-refractivity contribution < 1.29 is 19.5 Å². The molecule has 212 valence electrons. The maximum atomic E-state index is 13.9. The van der Waals surface area contributed by atoms with E-state index in [0.717, 1.165) is 42.4 Å². The van der Waals surface area contributed by atoms with E-state index in [-0.39, 0.29) is 24.8 Å². The minimum atomic E-state index is -0.957. The van der Waals surface area contributed by atoms with Crippen LogP contribution >= 0.6 is 11.6 Å². The molecule has 0 atom stereocenters. The Labute approximate surface area is 245 Å². The summed E-state index contributed by atoms with van der Waals surface area (Å²) in [6.07, 6.45) is 3.97. The number of aliphatic imine (C=N–C) groups is 1. The summed E-state index contributed by atoms with van der Waals surface area (Å²) in [6.45, 7) is 2.55. The molecule has 41 heavy (non-hydrogen) atoms. The Kier molecular flexibility index (Phi) is 8.54. The second-order valence-corrected chi connectivity index (χ2v) is 11.4. The Balaban J connectivity index is 1.33. The van der Waals surface area contributed by atoms with Crippen LogP contribution in [0, 0.1) is 6.92 Å². The van der Waals surface area contributed by atoms with Gasteiger partial charge in [0.15, 0.2) is 0 Å². The average Bonchev–Trinajstić information content (AvgIpc) is 3.22. The SMILES string of the molecule is Cc1cc(Cl)cc(C2=NC3(CCC(c4ccccc4)CC3)N(CCc3ccc(C(=O)NCCC(=O)O)cc3)C2=O)c1. The lowest BCUT2D eigenvalue weighted by atomic mass is 9.78. The van der Waals surface area contributed by atoms with E-state index in [1.54, 1.807) is 12.1 Å². The van der Waals surface area contributed by atoms with Crippen LogP contribution in [0.1, 0.15) is 70.6 Å². The fraction of sp³-hybridized carbons (Fsp3) is 0.333. The van der Waals surface area contributed by atoms with Gasteiger partial charge >= 0.3 is 5.97 Å². The van der Waals surface area contributed by atoms with Crippen molar-refractivity contribution >= 4 is 35.1 Å².